The second-order valence-electron chi connectivity index (χ2n) is 6.00. The lowest BCUT2D eigenvalue weighted by molar-refractivity contribution is -0.132. The Morgan fingerprint density at radius 1 is 1.16 bits per heavy atom. The van der Waals surface area contributed by atoms with Crippen molar-refractivity contribution in [2.75, 3.05) is 6.54 Å². The van der Waals surface area contributed by atoms with Crippen LogP contribution in [-0.4, -0.2) is 31.8 Å². The maximum atomic E-state index is 12.5. The number of nitrogens with one attached hydrogen (secondary N) is 1. The quantitative estimate of drug-likeness (QED) is 0.765. The first kappa shape index (κ1) is 19.6. The third kappa shape index (κ3) is 5.39. The number of aryl methyl sites for hydroxylation is 1. The van der Waals surface area contributed by atoms with E-state index in [2.05, 4.69) is 4.72 Å². The van der Waals surface area contributed by atoms with Gasteiger partial charge < -0.3 is 4.90 Å². The molecule has 0 saturated heterocycles. The van der Waals surface area contributed by atoms with E-state index in [-0.39, 0.29) is 22.7 Å². The smallest absolute Gasteiger partial charge is 0.250 e. The second kappa shape index (κ2) is 8.60. The van der Waals surface area contributed by atoms with E-state index < -0.39 is 10.0 Å². The van der Waals surface area contributed by atoms with Gasteiger partial charge >= 0.3 is 0 Å². The van der Waals surface area contributed by atoms with Crippen molar-refractivity contribution in [3.05, 3.63) is 52.9 Å². The van der Waals surface area contributed by atoms with Gasteiger partial charge in [0, 0.05) is 17.5 Å². The average molecular weight is 381 g/mol. The Balaban J connectivity index is 2.03. The van der Waals surface area contributed by atoms with Gasteiger partial charge in [-0.3, -0.25) is 4.79 Å². The van der Waals surface area contributed by atoms with E-state index in [1.54, 1.807) is 17.0 Å². The van der Waals surface area contributed by atoms with Gasteiger partial charge in [-0.2, -0.15) is 0 Å². The van der Waals surface area contributed by atoms with Crippen molar-refractivity contribution in [3.63, 3.8) is 0 Å². The second-order valence-corrected chi connectivity index (χ2v) is 9.16. The van der Waals surface area contributed by atoms with Crippen molar-refractivity contribution < 1.29 is 13.2 Å². The first-order valence-corrected chi connectivity index (χ1v) is 10.5. The van der Waals surface area contributed by atoms with Crippen LogP contribution >= 0.6 is 11.3 Å². The minimum Gasteiger partial charge on any atom is -0.335 e. The summed E-state index contributed by atoms with van der Waals surface area (Å²) >= 11 is 1.23. The summed E-state index contributed by atoms with van der Waals surface area (Å²) in [5, 5.41) is 0. The normalized spacial score (nSPS) is 11.7. The summed E-state index contributed by atoms with van der Waals surface area (Å²) in [6.45, 7) is 6.03. The molecule has 0 saturated carbocycles. The molecule has 7 heteroatoms. The molecule has 1 amide bonds. The fourth-order valence-corrected chi connectivity index (χ4v) is 4.68. The molecule has 0 spiro atoms. The maximum absolute atomic E-state index is 12.5. The molecule has 1 aromatic heterocycles. The van der Waals surface area contributed by atoms with Crippen LogP contribution in [0.1, 0.15) is 31.2 Å². The van der Waals surface area contributed by atoms with E-state index >= 15 is 0 Å². The minimum absolute atomic E-state index is 0.0226. The topological polar surface area (TPSA) is 66.5 Å². The van der Waals surface area contributed by atoms with Crippen molar-refractivity contribution in [2.24, 2.45) is 0 Å². The lowest BCUT2D eigenvalue weighted by atomic mass is 10.2. The molecule has 0 aliphatic heterocycles. The first-order valence-electron chi connectivity index (χ1n) is 8.25. The van der Waals surface area contributed by atoms with Crippen LogP contribution in [-0.2, 0) is 27.8 Å². The van der Waals surface area contributed by atoms with Crippen LogP contribution < -0.4 is 4.72 Å². The minimum atomic E-state index is -3.66. The Morgan fingerprint density at radius 2 is 1.84 bits per heavy atom. The zero-order valence-corrected chi connectivity index (χ0v) is 16.4. The maximum Gasteiger partial charge on any atom is 0.250 e. The molecule has 1 aromatic carbocycles. The van der Waals surface area contributed by atoms with Crippen LogP contribution in [0.15, 0.2) is 46.7 Å². The summed E-state index contributed by atoms with van der Waals surface area (Å²) in [6.07, 6.45) is 0.789. The highest BCUT2D eigenvalue weighted by Gasteiger charge is 2.22. The van der Waals surface area contributed by atoms with E-state index in [9.17, 15) is 13.2 Å². The summed E-state index contributed by atoms with van der Waals surface area (Å²) in [5.41, 5.74) is 1.01. The Morgan fingerprint density at radius 3 is 2.40 bits per heavy atom. The number of carbonyl (C=O) groups is 1. The van der Waals surface area contributed by atoms with Gasteiger partial charge in [0.25, 0.3) is 10.0 Å². The van der Waals surface area contributed by atoms with Crippen molar-refractivity contribution in [3.8, 4) is 0 Å². The highest BCUT2D eigenvalue weighted by Crippen LogP contribution is 2.21. The number of amides is 1. The summed E-state index contributed by atoms with van der Waals surface area (Å²) in [6, 6.07) is 13.0. The molecule has 1 heterocycles. The fourth-order valence-electron chi connectivity index (χ4n) is 2.36. The molecular formula is C18H24N2O3S2. The van der Waals surface area contributed by atoms with E-state index in [1.807, 2.05) is 51.1 Å². The van der Waals surface area contributed by atoms with Gasteiger partial charge in [-0.05, 0) is 38.0 Å². The number of hydrogen-bond donors (Lipinski definition) is 1. The molecule has 0 aliphatic rings. The molecule has 136 valence electrons. The highest BCUT2D eigenvalue weighted by atomic mass is 32.2. The molecule has 0 aliphatic carbocycles. The molecule has 1 N–H and O–H groups in total. The summed E-state index contributed by atoms with van der Waals surface area (Å²) < 4.78 is 27.4. The van der Waals surface area contributed by atoms with Crippen LogP contribution in [0.3, 0.4) is 0 Å². The predicted molar refractivity (Wildman–Crippen MR) is 101 cm³/mol. The van der Waals surface area contributed by atoms with E-state index in [0.29, 0.717) is 6.54 Å². The van der Waals surface area contributed by atoms with Crippen molar-refractivity contribution in [1.29, 1.82) is 0 Å². The van der Waals surface area contributed by atoms with Crippen molar-refractivity contribution in [2.45, 2.75) is 44.0 Å². The number of thiophene rings is 1. The number of rotatable bonds is 8. The number of benzene rings is 1. The van der Waals surface area contributed by atoms with Gasteiger partial charge in [-0.25, -0.2) is 13.1 Å². The molecule has 2 rings (SSSR count). The van der Waals surface area contributed by atoms with Crippen molar-refractivity contribution in [1.82, 2.24) is 9.62 Å². The lowest BCUT2D eigenvalue weighted by Gasteiger charge is -2.27. The standard InChI is InChI=1S/C18H24N2O3S2/c1-4-16-10-11-18(24-16)25(22,23)19-12-17(21)20(14(2)3)13-15-8-6-5-7-9-15/h5-11,14,19H,4,12-13H2,1-3H3. The number of carbonyl (C=O) groups excluding carboxylic acids is 1. The first-order chi connectivity index (χ1) is 11.8. The van der Waals surface area contributed by atoms with Crippen LogP contribution in [0.5, 0.6) is 0 Å². The zero-order chi connectivity index (χ0) is 18.4. The Hall–Kier alpha value is -1.70. The highest BCUT2D eigenvalue weighted by molar-refractivity contribution is 7.91. The number of sulfonamides is 1. The van der Waals surface area contributed by atoms with Gasteiger partial charge in [0.2, 0.25) is 5.91 Å². The Labute approximate surface area is 153 Å². The van der Waals surface area contributed by atoms with Gasteiger partial charge in [-0.15, -0.1) is 11.3 Å². The molecule has 25 heavy (non-hydrogen) atoms. The molecule has 5 nitrogen and oxygen atoms in total. The monoisotopic (exact) mass is 380 g/mol. The third-order valence-corrected chi connectivity index (χ3v) is 6.93. The fraction of sp³-hybridized carbons (Fsp3) is 0.389. The molecule has 0 bridgehead atoms. The number of hydrogen-bond acceptors (Lipinski definition) is 4. The molecule has 0 unspecified atom stereocenters. The van der Waals surface area contributed by atoms with E-state index in [4.69, 9.17) is 0 Å². The van der Waals surface area contributed by atoms with Crippen LogP contribution in [0.4, 0.5) is 0 Å². The summed E-state index contributed by atoms with van der Waals surface area (Å²) in [4.78, 5) is 15.2. The van der Waals surface area contributed by atoms with Crippen LogP contribution in [0.2, 0.25) is 0 Å². The predicted octanol–water partition coefficient (Wildman–Crippen LogP) is 3.03. The SMILES string of the molecule is CCc1ccc(S(=O)(=O)NCC(=O)N(Cc2ccccc2)C(C)C)s1. The van der Waals surface area contributed by atoms with E-state index in [0.717, 1.165) is 16.9 Å². The molecule has 2 aromatic rings. The molecular weight excluding hydrogens is 356 g/mol. The third-order valence-electron chi connectivity index (χ3n) is 3.80. The Bertz CT molecular complexity index is 799. The lowest BCUT2D eigenvalue weighted by Crippen LogP contribution is -2.43. The van der Waals surface area contributed by atoms with Crippen molar-refractivity contribution >= 4 is 27.3 Å². The van der Waals surface area contributed by atoms with Gasteiger partial charge in [0.05, 0.1) is 6.54 Å². The molecule has 0 atom stereocenters. The van der Waals surface area contributed by atoms with E-state index in [1.165, 1.54) is 11.3 Å². The molecule has 0 fully saturated rings. The van der Waals surface area contributed by atoms with Crippen LogP contribution in [0, 0.1) is 0 Å². The van der Waals surface area contributed by atoms with Gasteiger partial charge in [0.15, 0.2) is 0 Å². The summed E-state index contributed by atoms with van der Waals surface area (Å²) in [7, 11) is -3.66. The summed E-state index contributed by atoms with van der Waals surface area (Å²) in [5.74, 6) is -0.241. The van der Waals surface area contributed by atoms with Gasteiger partial charge in [-0.1, -0.05) is 37.3 Å². The van der Waals surface area contributed by atoms with Crippen LogP contribution in [0.25, 0.3) is 0 Å². The zero-order valence-electron chi connectivity index (χ0n) is 14.7. The average Bonchev–Trinajstić information content (AvgIpc) is 3.08. The number of nitrogens with zero attached hydrogens (tertiary/aromatic N) is 1. The largest absolute Gasteiger partial charge is 0.335 e. The Kier molecular flexibility index (Phi) is 6.75. The molecule has 0 radical (unpaired) electrons. The van der Waals surface area contributed by atoms with Gasteiger partial charge in [0.1, 0.15) is 4.21 Å².